The SMILES string of the molecule is CC(C)=CCC[C@@](C)(O)[C@@]1(C)CC[C@]2(C)[C@@H]3CC[C@@H]4C(C)(C)[C@H](O[C@@H]5O[C@H](CO)[C@@H](O)[C@H](O)[C@H]5O)CC[C@]4(C)[C@@H]3C[C@H](O)[C@@H]21. The minimum atomic E-state index is -1.46. The van der Waals surface area contributed by atoms with Gasteiger partial charge in [-0.25, -0.2) is 0 Å². The summed E-state index contributed by atoms with van der Waals surface area (Å²) in [5, 5.41) is 65.0. The van der Waals surface area contributed by atoms with Crippen LogP contribution >= 0.6 is 0 Å². The van der Waals surface area contributed by atoms with Crippen molar-refractivity contribution in [3.8, 4) is 0 Å². The summed E-state index contributed by atoms with van der Waals surface area (Å²) in [7, 11) is 0. The molecule has 0 aromatic carbocycles. The fourth-order valence-electron chi connectivity index (χ4n) is 11.8. The van der Waals surface area contributed by atoms with Crippen molar-refractivity contribution in [2.45, 2.75) is 162 Å². The molecular weight excluding hydrogens is 560 g/mol. The Hall–Kier alpha value is -0.580. The van der Waals surface area contributed by atoms with Crippen molar-refractivity contribution in [1.82, 2.24) is 0 Å². The molecule has 0 spiro atoms. The number of aliphatic hydroxyl groups excluding tert-OH is 5. The van der Waals surface area contributed by atoms with Crippen molar-refractivity contribution in [2.75, 3.05) is 6.61 Å². The number of fused-ring (bicyclic) bond motifs is 5. The summed E-state index contributed by atoms with van der Waals surface area (Å²) in [6, 6.07) is 0. The molecule has 0 amide bonds. The van der Waals surface area contributed by atoms with Gasteiger partial charge in [0.1, 0.15) is 24.4 Å². The highest BCUT2D eigenvalue weighted by Gasteiger charge is 2.70. The smallest absolute Gasteiger partial charge is 0.186 e. The highest BCUT2D eigenvalue weighted by Crippen LogP contribution is 2.73. The van der Waals surface area contributed by atoms with E-state index in [9.17, 15) is 30.6 Å². The van der Waals surface area contributed by atoms with Gasteiger partial charge >= 0.3 is 0 Å². The van der Waals surface area contributed by atoms with E-state index in [4.69, 9.17) is 9.47 Å². The molecule has 4 saturated carbocycles. The van der Waals surface area contributed by atoms with Gasteiger partial charge in [-0.05, 0) is 118 Å². The molecule has 4 aliphatic carbocycles. The van der Waals surface area contributed by atoms with Gasteiger partial charge in [0.2, 0.25) is 0 Å². The first kappa shape index (κ1) is 34.7. The highest BCUT2D eigenvalue weighted by molar-refractivity contribution is 5.19. The van der Waals surface area contributed by atoms with E-state index in [1.54, 1.807) is 0 Å². The molecule has 0 unspecified atom stereocenters. The van der Waals surface area contributed by atoms with E-state index in [0.717, 1.165) is 51.4 Å². The van der Waals surface area contributed by atoms with E-state index in [1.807, 2.05) is 6.92 Å². The van der Waals surface area contributed by atoms with Crippen LogP contribution in [0.5, 0.6) is 0 Å². The van der Waals surface area contributed by atoms with Crippen LogP contribution in [0.2, 0.25) is 0 Å². The second-order valence-electron chi connectivity index (χ2n) is 17.3. The molecule has 8 nitrogen and oxygen atoms in total. The number of rotatable bonds is 7. The lowest BCUT2D eigenvalue weighted by molar-refractivity contribution is -0.330. The van der Waals surface area contributed by atoms with Crippen LogP contribution in [0.1, 0.15) is 113 Å². The van der Waals surface area contributed by atoms with Crippen molar-refractivity contribution >= 4 is 0 Å². The maximum Gasteiger partial charge on any atom is 0.186 e. The molecule has 0 aromatic rings. The predicted molar refractivity (Wildman–Crippen MR) is 168 cm³/mol. The third-order valence-corrected chi connectivity index (χ3v) is 14.4. The van der Waals surface area contributed by atoms with E-state index < -0.39 is 49.0 Å². The van der Waals surface area contributed by atoms with Gasteiger partial charge in [-0.2, -0.15) is 0 Å². The average molecular weight is 623 g/mol. The minimum absolute atomic E-state index is 0.00156. The van der Waals surface area contributed by atoms with E-state index in [2.05, 4.69) is 54.5 Å². The fraction of sp³-hybridized carbons (Fsp3) is 0.944. The molecule has 0 aromatic heterocycles. The molecule has 5 fully saturated rings. The summed E-state index contributed by atoms with van der Waals surface area (Å²) in [6.07, 6.45) is 3.17. The maximum atomic E-state index is 12.1. The first-order valence-electron chi connectivity index (χ1n) is 17.3. The number of ether oxygens (including phenoxy) is 2. The molecule has 1 heterocycles. The molecule has 1 aliphatic heterocycles. The zero-order chi connectivity index (χ0) is 32.6. The highest BCUT2D eigenvalue weighted by atomic mass is 16.7. The van der Waals surface area contributed by atoms with E-state index in [1.165, 1.54) is 5.57 Å². The predicted octanol–water partition coefficient (Wildman–Crippen LogP) is 4.32. The second-order valence-corrected chi connectivity index (χ2v) is 17.3. The van der Waals surface area contributed by atoms with Crippen LogP contribution in [0.25, 0.3) is 0 Å². The molecule has 5 aliphatic rings. The van der Waals surface area contributed by atoms with Crippen LogP contribution < -0.4 is 0 Å². The van der Waals surface area contributed by atoms with Gasteiger partial charge in [0.05, 0.1) is 24.4 Å². The quantitative estimate of drug-likeness (QED) is 0.182. The first-order valence-corrected chi connectivity index (χ1v) is 17.3. The summed E-state index contributed by atoms with van der Waals surface area (Å²) < 4.78 is 12.2. The molecule has 6 N–H and O–H groups in total. The van der Waals surface area contributed by atoms with Crippen molar-refractivity contribution in [2.24, 2.45) is 45.3 Å². The minimum Gasteiger partial charge on any atom is -0.394 e. The lowest BCUT2D eigenvalue weighted by Crippen LogP contribution is -2.65. The second kappa shape index (κ2) is 11.8. The van der Waals surface area contributed by atoms with Crippen LogP contribution in [-0.2, 0) is 9.47 Å². The maximum absolute atomic E-state index is 12.1. The third-order valence-electron chi connectivity index (χ3n) is 14.4. The number of aliphatic hydroxyl groups is 6. The van der Waals surface area contributed by atoms with Gasteiger partial charge < -0.3 is 40.1 Å². The lowest BCUT2D eigenvalue weighted by atomic mass is 9.39. The Labute approximate surface area is 265 Å². The summed E-state index contributed by atoms with van der Waals surface area (Å²) >= 11 is 0. The molecule has 0 bridgehead atoms. The summed E-state index contributed by atoms with van der Waals surface area (Å²) in [4.78, 5) is 0. The average Bonchev–Trinajstić information content (AvgIpc) is 3.24. The normalized spacial score (nSPS) is 51.5. The van der Waals surface area contributed by atoms with Crippen LogP contribution in [0.15, 0.2) is 11.6 Å². The summed E-state index contributed by atoms with van der Waals surface area (Å²) in [5.41, 5.74) is -0.253. The van der Waals surface area contributed by atoms with Crippen LogP contribution in [0, 0.1) is 45.3 Å². The van der Waals surface area contributed by atoms with E-state index in [0.29, 0.717) is 24.2 Å². The monoisotopic (exact) mass is 622 g/mol. The zero-order valence-corrected chi connectivity index (χ0v) is 28.5. The standard InChI is InChI=1S/C36H62O8/c1-20(2)10-9-14-36(8,42)35(7)17-16-34(6)21-11-12-25-32(3,4)26(13-15-33(25,5)22(21)18-23(38)30(34)35)44-31-29(41)28(40)27(39)24(19-37)43-31/h10,21-31,37-42H,9,11-19H2,1-8H3/t21-,22-,23+,24-,25-,26-,27-,28+,29-,30+,31+,33-,34-,35+,36-/m1/s1. The molecule has 8 heteroatoms. The van der Waals surface area contributed by atoms with Crippen molar-refractivity contribution in [3.05, 3.63) is 11.6 Å². The molecule has 1 saturated heterocycles. The Kier molecular flexibility index (Phi) is 9.35. The summed E-state index contributed by atoms with van der Waals surface area (Å²) in [6.45, 7) is 17.3. The Balaban J connectivity index is 1.36. The van der Waals surface area contributed by atoms with Crippen molar-refractivity contribution in [1.29, 1.82) is 0 Å². The Morgan fingerprint density at radius 2 is 1.57 bits per heavy atom. The van der Waals surface area contributed by atoms with Gasteiger partial charge in [0.15, 0.2) is 6.29 Å². The van der Waals surface area contributed by atoms with Gasteiger partial charge in [-0.3, -0.25) is 0 Å². The van der Waals surface area contributed by atoms with E-state index >= 15 is 0 Å². The first-order chi connectivity index (χ1) is 20.3. The lowest BCUT2D eigenvalue weighted by Gasteiger charge is -2.67. The summed E-state index contributed by atoms with van der Waals surface area (Å²) in [5.74, 6) is 1.22. The van der Waals surface area contributed by atoms with Gasteiger partial charge in [-0.1, -0.05) is 46.3 Å². The largest absolute Gasteiger partial charge is 0.394 e. The van der Waals surface area contributed by atoms with Crippen LogP contribution in [0.3, 0.4) is 0 Å². The number of hydrogen-bond donors (Lipinski definition) is 6. The van der Waals surface area contributed by atoms with Gasteiger partial charge in [0, 0.05) is 5.41 Å². The zero-order valence-electron chi connectivity index (χ0n) is 28.5. The topological polar surface area (TPSA) is 140 Å². The Morgan fingerprint density at radius 1 is 0.886 bits per heavy atom. The van der Waals surface area contributed by atoms with Crippen LogP contribution in [0.4, 0.5) is 0 Å². The Morgan fingerprint density at radius 3 is 2.20 bits per heavy atom. The van der Waals surface area contributed by atoms with Crippen LogP contribution in [-0.4, -0.2) is 85.8 Å². The third kappa shape index (κ3) is 5.26. The van der Waals surface area contributed by atoms with Crippen molar-refractivity contribution < 1.29 is 40.1 Å². The molecule has 254 valence electrons. The molecule has 0 radical (unpaired) electrons. The number of hydrogen-bond acceptors (Lipinski definition) is 8. The molecule has 15 atom stereocenters. The van der Waals surface area contributed by atoms with Gasteiger partial charge in [-0.15, -0.1) is 0 Å². The number of allylic oxidation sites excluding steroid dienone is 2. The van der Waals surface area contributed by atoms with Crippen molar-refractivity contribution in [3.63, 3.8) is 0 Å². The fourth-order valence-corrected chi connectivity index (χ4v) is 11.8. The Bertz CT molecular complexity index is 1070. The molecule has 44 heavy (non-hydrogen) atoms. The molecular formula is C36H62O8. The van der Waals surface area contributed by atoms with E-state index in [-0.39, 0.29) is 33.7 Å². The van der Waals surface area contributed by atoms with Gasteiger partial charge in [0.25, 0.3) is 0 Å². The molecule has 5 rings (SSSR count).